The van der Waals surface area contributed by atoms with Gasteiger partial charge in [-0.2, -0.15) is 8.42 Å². The van der Waals surface area contributed by atoms with Gasteiger partial charge < -0.3 is 5.32 Å². The highest BCUT2D eigenvalue weighted by Crippen LogP contribution is 2.31. The van der Waals surface area contributed by atoms with Gasteiger partial charge in [0.2, 0.25) is 11.8 Å². The standard InChI is InChI=1S/C19H18FN3O4S2/c1-2-23-18(25)16(12-17(24)21-14-10-8-13(20)9-11-14)28-19(23)22-29(26,27)15-6-4-3-5-7-15/h3-11,16H,2,12H2,1H3,(H,21,24)/t16-/m1/s1. The van der Waals surface area contributed by atoms with Crippen LogP contribution in [0.2, 0.25) is 0 Å². The molecule has 0 radical (unpaired) electrons. The summed E-state index contributed by atoms with van der Waals surface area (Å²) in [7, 11) is -3.98. The minimum atomic E-state index is -3.98. The molecule has 7 nitrogen and oxygen atoms in total. The Kier molecular flexibility index (Phi) is 6.33. The zero-order valence-corrected chi connectivity index (χ0v) is 17.0. The molecule has 1 aliphatic heterocycles. The Morgan fingerprint density at radius 2 is 1.83 bits per heavy atom. The van der Waals surface area contributed by atoms with E-state index in [9.17, 15) is 22.4 Å². The van der Waals surface area contributed by atoms with Gasteiger partial charge in [0.25, 0.3) is 10.0 Å². The van der Waals surface area contributed by atoms with Crippen LogP contribution in [0.5, 0.6) is 0 Å². The van der Waals surface area contributed by atoms with E-state index in [0.717, 1.165) is 11.8 Å². The van der Waals surface area contributed by atoms with Crippen molar-refractivity contribution in [2.24, 2.45) is 4.40 Å². The first kappa shape index (κ1) is 21.0. The number of nitrogens with zero attached hydrogens (tertiary/aromatic N) is 2. The summed E-state index contributed by atoms with van der Waals surface area (Å²) in [5, 5.41) is 1.84. The molecule has 0 unspecified atom stereocenters. The maximum Gasteiger partial charge on any atom is 0.284 e. The van der Waals surface area contributed by atoms with Gasteiger partial charge in [-0.15, -0.1) is 4.40 Å². The second-order valence-electron chi connectivity index (χ2n) is 6.11. The molecule has 1 fully saturated rings. The van der Waals surface area contributed by atoms with Gasteiger partial charge in [-0.3, -0.25) is 14.5 Å². The molecule has 0 bridgehead atoms. The van der Waals surface area contributed by atoms with Crippen molar-refractivity contribution in [2.45, 2.75) is 23.5 Å². The lowest BCUT2D eigenvalue weighted by Gasteiger charge is -2.13. The molecule has 1 saturated heterocycles. The monoisotopic (exact) mass is 435 g/mol. The molecule has 1 atom stereocenters. The van der Waals surface area contributed by atoms with Gasteiger partial charge in [0.15, 0.2) is 5.17 Å². The third kappa shape index (κ3) is 5.01. The third-order valence-electron chi connectivity index (χ3n) is 4.07. The Balaban J connectivity index is 1.74. The normalized spacial score (nSPS) is 18.3. The summed E-state index contributed by atoms with van der Waals surface area (Å²) in [4.78, 5) is 26.1. The van der Waals surface area contributed by atoms with Gasteiger partial charge in [0.1, 0.15) is 11.1 Å². The average molecular weight is 436 g/mol. The highest BCUT2D eigenvalue weighted by molar-refractivity contribution is 8.16. The molecule has 2 aromatic carbocycles. The Morgan fingerprint density at radius 1 is 1.17 bits per heavy atom. The van der Waals surface area contributed by atoms with E-state index in [1.807, 2.05) is 0 Å². The van der Waals surface area contributed by atoms with Crippen LogP contribution in [0.25, 0.3) is 0 Å². The fourth-order valence-electron chi connectivity index (χ4n) is 2.66. The molecule has 0 saturated carbocycles. The van der Waals surface area contributed by atoms with Crippen molar-refractivity contribution in [1.82, 2.24) is 4.90 Å². The lowest BCUT2D eigenvalue weighted by molar-refractivity contribution is -0.128. The van der Waals surface area contributed by atoms with Crippen LogP contribution >= 0.6 is 11.8 Å². The summed E-state index contributed by atoms with van der Waals surface area (Å²) in [6.07, 6.45) is -0.165. The smallest absolute Gasteiger partial charge is 0.284 e. The molecule has 2 amide bonds. The minimum Gasteiger partial charge on any atom is -0.326 e. The first-order valence-corrected chi connectivity index (χ1v) is 11.1. The van der Waals surface area contributed by atoms with Crippen LogP contribution in [-0.2, 0) is 19.6 Å². The molecule has 2 aromatic rings. The molecule has 10 heteroatoms. The maximum absolute atomic E-state index is 13.0. The third-order valence-corrected chi connectivity index (χ3v) is 6.65. The highest BCUT2D eigenvalue weighted by Gasteiger charge is 2.39. The van der Waals surface area contributed by atoms with E-state index in [4.69, 9.17) is 0 Å². The zero-order valence-electron chi connectivity index (χ0n) is 15.4. The van der Waals surface area contributed by atoms with Crippen molar-refractivity contribution in [3.05, 3.63) is 60.4 Å². The molecule has 1 aliphatic rings. The van der Waals surface area contributed by atoms with Crippen molar-refractivity contribution in [1.29, 1.82) is 0 Å². The molecule has 3 rings (SSSR count). The molecule has 1 N–H and O–H groups in total. The number of nitrogens with one attached hydrogen (secondary N) is 1. The minimum absolute atomic E-state index is 0.0223. The fraction of sp³-hybridized carbons (Fsp3) is 0.211. The molecule has 0 aromatic heterocycles. The SMILES string of the molecule is CCN1C(=O)[C@@H](CC(=O)Nc2ccc(F)cc2)SC1=NS(=O)(=O)c1ccccc1. The van der Waals surface area contributed by atoms with Crippen LogP contribution in [0.3, 0.4) is 0 Å². The van der Waals surface area contributed by atoms with Gasteiger partial charge in [0, 0.05) is 18.7 Å². The summed E-state index contributed by atoms with van der Waals surface area (Å²) in [5.74, 6) is -1.25. The Bertz CT molecular complexity index is 1040. The first-order chi connectivity index (χ1) is 13.8. The van der Waals surface area contributed by atoms with Gasteiger partial charge in [-0.05, 0) is 43.3 Å². The van der Waals surface area contributed by atoms with E-state index >= 15 is 0 Å². The first-order valence-electron chi connectivity index (χ1n) is 8.73. The van der Waals surface area contributed by atoms with E-state index in [-0.39, 0.29) is 28.9 Å². The van der Waals surface area contributed by atoms with E-state index in [0.29, 0.717) is 5.69 Å². The maximum atomic E-state index is 13.0. The van der Waals surface area contributed by atoms with Crippen molar-refractivity contribution in [3.8, 4) is 0 Å². The van der Waals surface area contributed by atoms with Crippen molar-refractivity contribution in [3.63, 3.8) is 0 Å². The number of halogens is 1. The topological polar surface area (TPSA) is 95.9 Å². The van der Waals surface area contributed by atoms with E-state index in [2.05, 4.69) is 9.71 Å². The number of sulfonamides is 1. The summed E-state index contributed by atoms with van der Waals surface area (Å²) < 4.78 is 41.8. The molecular formula is C19H18FN3O4S2. The van der Waals surface area contributed by atoms with E-state index in [1.165, 1.54) is 41.3 Å². The Morgan fingerprint density at radius 3 is 2.45 bits per heavy atom. The lowest BCUT2D eigenvalue weighted by atomic mass is 10.2. The largest absolute Gasteiger partial charge is 0.326 e. The number of hydrogen-bond donors (Lipinski definition) is 1. The molecule has 1 heterocycles. The second kappa shape index (κ2) is 8.75. The Labute approximate surface area is 172 Å². The Hall–Kier alpha value is -2.72. The van der Waals surface area contributed by atoms with Gasteiger partial charge in [0.05, 0.1) is 4.90 Å². The number of carbonyl (C=O) groups excluding carboxylic acids is 2. The number of thioether (sulfide) groups is 1. The number of rotatable bonds is 6. The van der Waals surface area contributed by atoms with Crippen LogP contribution in [0.1, 0.15) is 13.3 Å². The summed E-state index contributed by atoms with van der Waals surface area (Å²) in [5.41, 5.74) is 0.403. The number of anilines is 1. The fourth-order valence-corrected chi connectivity index (χ4v) is 5.10. The van der Waals surface area contributed by atoms with E-state index in [1.54, 1.807) is 25.1 Å². The lowest BCUT2D eigenvalue weighted by Crippen LogP contribution is -2.33. The summed E-state index contributed by atoms with van der Waals surface area (Å²) in [6, 6.07) is 12.9. The number of amides is 2. The number of carbonyl (C=O) groups is 2. The van der Waals surface area contributed by atoms with Crippen molar-refractivity contribution < 1.29 is 22.4 Å². The van der Waals surface area contributed by atoms with Gasteiger partial charge in [-0.1, -0.05) is 30.0 Å². The number of hydrogen-bond acceptors (Lipinski definition) is 5. The van der Waals surface area contributed by atoms with Crippen molar-refractivity contribution >= 4 is 44.5 Å². The van der Waals surface area contributed by atoms with Gasteiger partial charge in [-0.25, -0.2) is 4.39 Å². The molecule has 29 heavy (non-hydrogen) atoms. The number of amidine groups is 1. The predicted octanol–water partition coefficient (Wildman–Crippen LogP) is 2.86. The van der Waals surface area contributed by atoms with Crippen LogP contribution in [0.15, 0.2) is 63.9 Å². The molecule has 0 spiro atoms. The van der Waals surface area contributed by atoms with Crippen LogP contribution < -0.4 is 5.32 Å². The van der Waals surface area contributed by atoms with Crippen LogP contribution in [0.4, 0.5) is 10.1 Å². The summed E-state index contributed by atoms with van der Waals surface area (Å²) in [6.45, 7) is 1.93. The highest BCUT2D eigenvalue weighted by atomic mass is 32.2. The van der Waals surface area contributed by atoms with E-state index < -0.39 is 27.0 Å². The van der Waals surface area contributed by atoms with Crippen LogP contribution in [0, 0.1) is 5.82 Å². The van der Waals surface area contributed by atoms with Crippen molar-refractivity contribution in [2.75, 3.05) is 11.9 Å². The average Bonchev–Trinajstić information content (AvgIpc) is 2.97. The molecule has 152 valence electrons. The quantitative estimate of drug-likeness (QED) is 0.753. The number of benzene rings is 2. The zero-order chi connectivity index (χ0) is 21.0. The summed E-state index contributed by atoms with van der Waals surface area (Å²) >= 11 is 0.941. The second-order valence-corrected chi connectivity index (χ2v) is 8.88. The predicted molar refractivity (Wildman–Crippen MR) is 109 cm³/mol. The van der Waals surface area contributed by atoms with Crippen LogP contribution in [-0.4, -0.2) is 42.1 Å². The molecule has 0 aliphatic carbocycles. The molecular weight excluding hydrogens is 417 g/mol. The van der Waals surface area contributed by atoms with Gasteiger partial charge >= 0.3 is 0 Å².